The predicted molar refractivity (Wildman–Crippen MR) is 59.0 cm³/mol. The van der Waals surface area contributed by atoms with E-state index in [-0.39, 0.29) is 18.9 Å². The van der Waals surface area contributed by atoms with Crippen molar-refractivity contribution in [2.75, 3.05) is 18.9 Å². The molecule has 0 bridgehead atoms. The summed E-state index contributed by atoms with van der Waals surface area (Å²) in [4.78, 5) is 11.6. The molecule has 3 N–H and O–H groups in total. The average molecular weight is 227 g/mol. The maximum Gasteiger partial charge on any atom is 0.358 e. The van der Waals surface area contributed by atoms with Crippen LogP contribution in [0.5, 0.6) is 0 Å². The first-order valence-corrected chi connectivity index (χ1v) is 5.15. The molecule has 0 atom stereocenters. The van der Waals surface area contributed by atoms with Gasteiger partial charge in [0.25, 0.3) is 0 Å². The number of carbonyl (C=O) groups is 1. The molecule has 0 aliphatic heterocycles. The molecule has 0 saturated heterocycles. The van der Waals surface area contributed by atoms with Crippen molar-refractivity contribution in [1.82, 2.24) is 9.78 Å². The van der Waals surface area contributed by atoms with Crippen molar-refractivity contribution in [1.29, 1.82) is 0 Å². The molecule has 0 saturated carbocycles. The molecule has 0 aliphatic carbocycles. The van der Waals surface area contributed by atoms with Crippen LogP contribution >= 0.6 is 0 Å². The highest BCUT2D eigenvalue weighted by atomic mass is 16.5. The molecular weight excluding hydrogens is 210 g/mol. The van der Waals surface area contributed by atoms with E-state index in [0.717, 1.165) is 0 Å². The summed E-state index contributed by atoms with van der Waals surface area (Å²) in [6, 6.07) is 0. The van der Waals surface area contributed by atoms with Crippen molar-refractivity contribution in [3.8, 4) is 0 Å². The molecule has 6 heteroatoms. The van der Waals surface area contributed by atoms with E-state index >= 15 is 0 Å². The Kier molecular flexibility index (Phi) is 4.30. The van der Waals surface area contributed by atoms with E-state index in [9.17, 15) is 4.79 Å². The van der Waals surface area contributed by atoms with Crippen LogP contribution < -0.4 is 5.73 Å². The topological polar surface area (TPSA) is 90.4 Å². The second-order valence-corrected chi connectivity index (χ2v) is 3.54. The molecule has 0 spiro atoms. The third kappa shape index (κ3) is 2.73. The number of anilines is 1. The smallest absolute Gasteiger partial charge is 0.358 e. The highest BCUT2D eigenvalue weighted by Crippen LogP contribution is 2.16. The third-order valence-electron chi connectivity index (χ3n) is 2.25. The lowest BCUT2D eigenvalue weighted by molar-refractivity contribution is 0.0481. The number of aliphatic hydroxyl groups excluding tert-OH is 1. The van der Waals surface area contributed by atoms with Gasteiger partial charge in [-0.15, -0.1) is 0 Å². The van der Waals surface area contributed by atoms with Gasteiger partial charge in [-0.3, -0.25) is 4.68 Å². The number of aliphatic hydroxyl groups is 1. The largest absolute Gasteiger partial charge is 0.461 e. The van der Waals surface area contributed by atoms with Crippen molar-refractivity contribution in [3.05, 3.63) is 11.4 Å². The van der Waals surface area contributed by atoms with Crippen LogP contribution in [-0.2, 0) is 11.8 Å². The van der Waals surface area contributed by atoms with Gasteiger partial charge in [0.2, 0.25) is 0 Å². The zero-order chi connectivity index (χ0) is 12.1. The van der Waals surface area contributed by atoms with Crippen molar-refractivity contribution < 1.29 is 14.6 Å². The van der Waals surface area contributed by atoms with Gasteiger partial charge >= 0.3 is 5.97 Å². The maximum atomic E-state index is 11.6. The highest BCUT2D eigenvalue weighted by molar-refractivity contribution is 5.93. The second-order valence-electron chi connectivity index (χ2n) is 3.54. The number of unbranched alkanes of at least 4 members (excludes halogenated alkanes) is 1. The Morgan fingerprint density at radius 2 is 2.25 bits per heavy atom. The van der Waals surface area contributed by atoms with Gasteiger partial charge in [0, 0.05) is 13.7 Å². The molecule has 1 aromatic heterocycles. The van der Waals surface area contributed by atoms with Gasteiger partial charge < -0.3 is 15.6 Å². The monoisotopic (exact) mass is 227 g/mol. The van der Waals surface area contributed by atoms with Crippen molar-refractivity contribution >= 4 is 11.7 Å². The van der Waals surface area contributed by atoms with Gasteiger partial charge in [-0.05, 0) is 19.8 Å². The van der Waals surface area contributed by atoms with Gasteiger partial charge in [-0.2, -0.15) is 5.10 Å². The van der Waals surface area contributed by atoms with E-state index in [1.54, 1.807) is 14.0 Å². The number of nitrogens with two attached hydrogens (primary N) is 1. The van der Waals surface area contributed by atoms with E-state index in [2.05, 4.69) is 5.10 Å². The number of nitrogens with zero attached hydrogens (tertiary/aromatic N) is 2. The van der Waals surface area contributed by atoms with Gasteiger partial charge in [0.05, 0.1) is 18.0 Å². The van der Waals surface area contributed by atoms with Crippen molar-refractivity contribution in [2.24, 2.45) is 7.05 Å². The molecule has 0 fully saturated rings. The predicted octanol–water partition coefficient (Wildman–Crippen LogP) is 0.240. The molecule has 0 unspecified atom stereocenters. The molecule has 0 aromatic carbocycles. The van der Waals surface area contributed by atoms with Crippen LogP contribution in [0, 0.1) is 6.92 Å². The molecule has 0 aliphatic rings. The fourth-order valence-electron chi connectivity index (χ4n) is 1.36. The number of rotatable bonds is 5. The van der Waals surface area contributed by atoms with Crippen LogP contribution in [0.2, 0.25) is 0 Å². The van der Waals surface area contributed by atoms with Crippen LogP contribution in [0.3, 0.4) is 0 Å². The number of aryl methyl sites for hydroxylation is 2. The Balaban J connectivity index is 2.59. The van der Waals surface area contributed by atoms with Gasteiger partial charge in [-0.1, -0.05) is 0 Å². The fraction of sp³-hybridized carbons (Fsp3) is 0.600. The Bertz CT molecular complexity index is 374. The molecule has 6 nitrogen and oxygen atoms in total. The number of carbonyl (C=O) groups excluding carboxylic acids is 1. The molecule has 90 valence electrons. The molecule has 1 aromatic rings. The van der Waals surface area contributed by atoms with Crippen LogP contribution in [0.1, 0.15) is 29.0 Å². The summed E-state index contributed by atoms with van der Waals surface area (Å²) >= 11 is 0. The molecule has 1 heterocycles. The minimum Gasteiger partial charge on any atom is -0.461 e. The Labute approximate surface area is 94.0 Å². The number of ether oxygens (including phenoxy) is 1. The lowest BCUT2D eigenvalue weighted by atomic mass is 10.3. The number of hydrogen-bond acceptors (Lipinski definition) is 5. The van der Waals surface area contributed by atoms with E-state index in [4.69, 9.17) is 15.6 Å². The molecule has 16 heavy (non-hydrogen) atoms. The number of esters is 1. The second kappa shape index (κ2) is 5.50. The van der Waals surface area contributed by atoms with E-state index < -0.39 is 5.97 Å². The summed E-state index contributed by atoms with van der Waals surface area (Å²) in [5.74, 6) is -0.474. The average Bonchev–Trinajstić information content (AvgIpc) is 2.48. The van der Waals surface area contributed by atoms with Gasteiger partial charge in [-0.25, -0.2) is 4.79 Å². The SMILES string of the molecule is Cc1nn(C)c(C(=O)OCCCCO)c1N. The van der Waals surface area contributed by atoms with Crippen LogP contribution in [-0.4, -0.2) is 34.1 Å². The molecule has 0 amide bonds. The van der Waals surface area contributed by atoms with Crippen LogP contribution in [0.4, 0.5) is 5.69 Å². The number of hydrogen-bond donors (Lipinski definition) is 2. The van der Waals surface area contributed by atoms with E-state index in [0.29, 0.717) is 24.2 Å². The summed E-state index contributed by atoms with van der Waals surface area (Å²) in [5.41, 5.74) is 6.96. The zero-order valence-corrected chi connectivity index (χ0v) is 9.56. The normalized spacial score (nSPS) is 10.4. The Hall–Kier alpha value is -1.56. The van der Waals surface area contributed by atoms with Gasteiger partial charge in [0.15, 0.2) is 5.69 Å². The van der Waals surface area contributed by atoms with E-state index in [1.807, 2.05) is 0 Å². The molecular formula is C10H17N3O3. The van der Waals surface area contributed by atoms with Gasteiger partial charge in [0.1, 0.15) is 0 Å². The maximum absolute atomic E-state index is 11.6. The number of nitrogen functional groups attached to an aromatic ring is 1. The van der Waals surface area contributed by atoms with Crippen molar-refractivity contribution in [2.45, 2.75) is 19.8 Å². The summed E-state index contributed by atoms with van der Waals surface area (Å²) in [6.07, 6.45) is 1.26. The Morgan fingerprint density at radius 1 is 1.56 bits per heavy atom. The first-order chi connectivity index (χ1) is 7.57. The standard InChI is InChI=1S/C10H17N3O3/c1-7-8(11)9(13(2)12-7)10(15)16-6-4-3-5-14/h14H,3-6,11H2,1-2H3. The summed E-state index contributed by atoms with van der Waals surface area (Å²) in [5, 5.41) is 12.6. The molecule has 0 radical (unpaired) electrons. The summed E-state index contributed by atoms with van der Waals surface area (Å²) in [6.45, 7) is 2.12. The highest BCUT2D eigenvalue weighted by Gasteiger charge is 2.18. The van der Waals surface area contributed by atoms with Crippen molar-refractivity contribution in [3.63, 3.8) is 0 Å². The van der Waals surface area contributed by atoms with Crippen LogP contribution in [0.15, 0.2) is 0 Å². The minimum absolute atomic E-state index is 0.102. The fourth-order valence-corrected chi connectivity index (χ4v) is 1.36. The quantitative estimate of drug-likeness (QED) is 0.555. The lowest BCUT2D eigenvalue weighted by Gasteiger charge is -2.04. The zero-order valence-electron chi connectivity index (χ0n) is 9.56. The van der Waals surface area contributed by atoms with Crippen LogP contribution in [0.25, 0.3) is 0 Å². The lowest BCUT2D eigenvalue weighted by Crippen LogP contribution is -2.13. The summed E-state index contributed by atoms with van der Waals surface area (Å²) < 4.78 is 6.43. The summed E-state index contributed by atoms with van der Waals surface area (Å²) in [7, 11) is 1.65. The first-order valence-electron chi connectivity index (χ1n) is 5.15. The Morgan fingerprint density at radius 3 is 2.75 bits per heavy atom. The molecule has 1 rings (SSSR count). The number of aromatic nitrogens is 2. The first kappa shape index (κ1) is 12.5. The van der Waals surface area contributed by atoms with E-state index in [1.165, 1.54) is 4.68 Å². The minimum atomic E-state index is -0.474. The third-order valence-corrected chi connectivity index (χ3v) is 2.25.